The molecule has 1 saturated heterocycles. The van der Waals surface area contributed by atoms with Gasteiger partial charge in [-0.1, -0.05) is 19.0 Å². The first-order chi connectivity index (χ1) is 14.8. The van der Waals surface area contributed by atoms with E-state index in [0.29, 0.717) is 29.5 Å². The summed E-state index contributed by atoms with van der Waals surface area (Å²) in [5, 5.41) is 13.4. The number of hydrogen-bond donors (Lipinski definition) is 0. The minimum Gasteiger partial charge on any atom is -0.364 e. The van der Waals surface area contributed by atoms with E-state index in [1.54, 1.807) is 29.8 Å². The molecule has 0 amide bonds. The van der Waals surface area contributed by atoms with Crippen LogP contribution in [0.4, 0.5) is 5.69 Å². The van der Waals surface area contributed by atoms with Gasteiger partial charge in [-0.3, -0.25) is 9.69 Å². The summed E-state index contributed by atoms with van der Waals surface area (Å²) in [6.45, 7) is 10.5. The number of nitrogens with zero attached hydrogens (tertiary/aromatic N) is 7. The summed E-state index contributed by atoms with van der Waals surface area (Å²) < 4.78 is 6.91. The molecule has 0 aliphatic carbocycles. The first-order valence-corrected chi connectivity index (χ1v) is 10.5. The highest BCUT2D eigenvalue weighted by atomic mass is 16.5. The maximum absolute atomic E-state index is 12.6. The largest absolute Gasteiger partial charge is 0.364 e. The lowest BCUT2D eigenvalue weighted by Crippen LogP contribution is -2.56. The molecule has 1 fully saturated rings. The molecule has 4 heterocycles. The fourth-order valence-electron chi connectivity index (χ4n) is 4.09. The molecule has 3 aromatic heterocycles. The molecule has 0 N–H and O–H groups in total. The predicted octanol–water partition coefficient (Wildman–Crippen LogP) is 2.41. The van der Waals surface area contributed by atoms with Crippen molar-refractivity contribution in [3.8, 4) is 6.07 Å². The lowest BCUT2D eigenvalue weighted by atomic mass is 10.1. The van der Waals surface area contributed by atoms with E-state index in [1.807, 2.05) is 13.8 Å². The fraction of sp³-hybridized carbons (Fsp3) is 0.500. The molecular weight excluding hydrogens is 394 g/mol. The average molecular weight is 422 g/mol. The van der Waals surface area contributed by atoms with Crippen molar-refractivity contribution < 1.29 is 4.52 Å². The average Bonchev–Trinajstić information content (AvgIpc) is 3.22. The number of aryl methyl sites for hydroxylation is 1. The zero-order valence-corrected chi connectivity index (χ0v) is 18.5. The number of nitriles is 1. The molecule has 9 heteroatoms. The van der Waals surface area contributed by atoms with Gasteiger partial charge in [-0.25, -0.2) is 4.98 Å². The second-order valence-corrected chi connectivity index (χ2v) is 8.59. The number of pyridine rings is 2. The fourth-order valence-corrected chi connectivity index (χ4v) is 4.09. The standard InChI is InChI=1S/C22H27N7O2/c1-13(2)22-25-19(26-31-22)12-28-10-15(4)29(11-14(28)3)18-8-20(30)27(5)17-7-6-16(9-23)24-21(17)18/h6-8,13-15H,10-12H2,1-5H3/t14-,15+/m1/s1. The van der Waals surface area contributed by atoms with Gasteiger partial charge in [0, 0.05) is 44.2 Å². The Kier molecular flexibility index (Phi) is 5.50. The molecule has 1 aliphatic rings. The maximum Gasteiger partial charge on any atom is 0.252 e. The third kappa shape index (κ3) is 3.91. The van der Waals surface area contributed by atoms with E-state index in [0.717, 1.165) is 24.3 Å². The molecule has 0 unspecified atom stereocenters. The number of fused-ring (bicyclic) bond motifs is 1. The third-order valence-corrected chi connectivity index (χ3v) is 5.93. The minimum atomic E-state index is -0.0932. The molecule has 0 bridgehead atoms. The summed E-state index contributed by atoms with van der Waals surface area (Å²) in [5.74, 6) is 1.55. The summed E-state index contributed by atoms with van der Waals surface area (Å²) in [7, 11) is 1.72. The van der Waals surface area contributed by atoms with E-state index in [-0.39, 0.29) is 23.6 Å². The Labute approximate surface area is 180 Å². The van der Waals surface area contributed by atoms with Gasteiger partial charge in [0.25, 0.3) is 5.56 Å². The van der Waals surface area contributed by atoms with Gasteiger partial charge in [-0.2, -0.15) is 10.2 Å². The van der Waals surface area contributed by atoms with E-state index >= 15 is 0 Å². The minimum absolute atomic E-state index is 0.0932. The first kappa shape index (κ1) is 21.0. The molecule has 162 valence electrons. The highest BCUT2D eigenvalue weighted by Crippen LogP contribution is 2.29. The van der Waals surface area contributed by atoms with E-state index in [9.17, 15) is 10.1 Å². The Hall–Kier alpha value is -3.25. The van der Waals surface area contributed by atoms with Crippen molar-refractivity contribution in [3.05, 3.63) is 46.0 Å². The van der Waals surface area contributed by atoms with Crippen molar-refractivity contribution in [2.24, 2.45) is 7.05 Å². The Morgan fingerprint density at radius 3 is 2.68 bits per heavy atom. The van der Waals surface area contributed by atoms with Crippen LogP contribution in [0.5, 0.6) is 0 Å². The van der Waals surface area contributed by atoms with Crippen molar-refractivity contribution >= 4 is 16.7 Å². The van der Waals surface area contributed by atoms with Crippen molar-refractivity contribution in [1.82, 2.24) is 24.6 Å². The van der Waals surface area contributed by atoms with Crippen LogP contribution in [-0.4, -0.2) is 49.8 Å². The van der Waals surface area contributed by atoms with Gasteiger partial charge in [0.05, 0.1) is 17.7 Å². The van der Waals surface area contributed by atoms with Crippen LogP contribution in [0.2, 0.25) is 0 Å². The van der Waals surface area contributed by atoms with Crippen LogP contribution < -0.4 is 10.5 Å². The molecule has 31 heavy (non-hydrogen) atoms. The first-order valence-electron chi connectivity index (χ1n) is 10.5. The van der Waals surface area contributed by atoms with Crippen LogP contribution in [0.1, 0.15) is 51.0 Å². The second-order valence-electron chi connectivity index (χ2n) is 8.59. The van der Waals surface area contributed by atoms with Gasteiger partial charge in [0.1, 0.15) is 17.3 Å². The Morgan fingerprint density at radius 2 is 2.00 bits per heavy atom. The van der Waals surface area contributed by atoms with Crippen molar-refractivity contribution in [1.29, 1.82) is 5.26 Å². The highest BCUT2D eigenvalue weighted by Gasteiger charge is 2.31. The molecular formula is C22H27N7O2. The maximum atomic E-state index is 12.6. The topological polar surface area (TPSA) is 104 Å². The van der Waals surface area contributed by atoms with Crippen molar-refractivity contribution in [2.45, 2.75) is 52.2 Å². The van der Waals surface area contributed by atoms with Crippen LogP contribution in [0, 0.1) is 11.3 Å². The van der Waals surface area contributed by atoms with Crippen LogP contribution in [0.25, 0.3) is 11.0 Å². The summed E-state index contributed by atoms with van der Waals surface area (Å²) in [4.78, 5) is 26.2. The molecule has 1 aliphatic heterocycles. The van der Waals surface area contributed by atoms with Crippen LogP contribution in [0.15, 0.2) is 27.5 Å². The van der Waals surface area contributed by atoms with Gasteiger partial charge >= 0.3 is 0 Å². The lowest BCUT2D eigenvalue weighted by molar-refractivity contribution is 0.152. The Balaban J connectivity index is 1.63. The Morgan fingerprint density at radius 1 is 1.23 bits per heavy atom. The van der Waals surface area contributed by atoms with Crippen molar-refractivity contribution in [3.63, 3.8) is 0 Å². The van der Waals surface area contributed by atoms with E-state index < -0.39 is 0 Å². The SMILES string of the molecule is CC(C)c1nc(CN2C[C@H](C)N(c3cc(=O)n(C)c4ccc(C#N)nc34)C[C@H]2C)no1. The zero-order valence-electron chi connectivity index (χ0n) is 18.5. The molecule has 4 rings (SSSR count). The smallest absolute Gasteiger partial charge is 0.252 e. The molecule has 0 aromatic carbocycles. The molecule has 0 spiro atoms. The molecule has 0 saturated carbocycles. The molecule has 9 nitrogen and oxygen atoms in total. The summed E-state index contributed by atoms with van der Waals surface area (Å²) >= 11 is 0. The number of anilines is 1. The lowest BCUT2D eigenvalue weighted by Gasteiger charge is -2.45. The molecule has 3 aromatic rings. The van der Waals surface area contributed by atoms with Gasteiger partial charge in [0.15, 0.2) is 5.82 Å². The van der Waals surface area contributed by atoms with Gasteiger partial charge in [-0.05, 0) is 26.0 Å². The van der Waals surface area contributed by atoms with Gasteiger partial charge in [0.2, 0.25) is 5.89 Å². The Bertz CT molecular complexity index is 1210. The zero-order chi connectivity index (χ0) is 22.3. The van der Waals surface area contributed by atoms with E-state index in [4.69, 9.17) is 4.52 Å². The monoisotopic (exact) mass is 421 g/mol. The van der Waals surface area contributed by atoms with Gasteiger partial charge < -0.3 is 14.0 Å². The summed E-state index contributed by atoms with van der Waals surface area (Å²) in [5.41, 5.74) is 2.41. The molecule has 0 radical (unpaired) electrons. The third-order valence-electron chi connectivity index (χ3n) is 5.93. The van der Waals surface area contributed by atoms with Crippen LogP contribution >= 0.6 is 0 Å². The number of aromatic nitrogens is 4. The van der Waals surface area contributed by atoms with Crippen LogP contribution in [0.3, 0.4) is 0 Å². The summed E-state index contributed by atoms with van der Waals surface area (Å²) in [6, 6.07) is 7.50. The highest BCUT2D eigenvalue weighted by molar-refractivity contribution is 5.89. The number of rotatable bonds is 4. The van der Waals surface area contributed by atoms with Crippen molar-refractivity contribution in [2.75, 3.05) is 18.0 Å². The van der Waals surface area contributed by atoms with Crippen LogP contribution in [-0.2, 0) is 13.6 Å². The van der Waals surface area contributed by atoms with E-state index in [2.05, 4.69) is 44.8 Å². The quantitative estimate of drug-likeness (QED) is 0.633. The number of piperazine rings is 1. The van der Waals surface area contributed by atoms with E-state index in [1.165, 1.54) is 0 Å². The second kappa shape index (κ2) is 8.12. The normalized spacial score (nSPS) is 19.8. The predicted molar refractivity (Wildman–Crippen MR) is 117 cm³/mol. The number of hydrogen-bond acceptors (Lipinski definition) is 8. The van der Waals surface area contributed by atoms with Gasteiger partial charge in [-0.15, -0.1) is 0 Å². The summed E-state index contributed by atoms with van der Waals surface area (Å²) in [6.07, 6.45) is 0. The molecule has 2 atom stereocenters.